The number of halogens is 2. The van der Waals surface area contributed by atoms with Gasteiger partial charge in [-0.05, 0) is 62.2 Å². The molecule has 7 rings (SSSR count). The van der Waals surface area contributed by atoms with Gasteiger partial charge in [0.15, 0.2) is 11.6 Å². The maximum Gasteiger partial charge on any atom is 0.262 e. The minimum Gasteiger partial charge on any atom is -0.490 e. The highest BCUT2D eigenvalue weighted by Gasteiger charge is 2.64. The van der Waals surface area contributed by atoms with E-state index < -0.39 is 35.5 Å². The van der Waals surface area contributed by atoms with Gasteiger partial charge < -0.3 is 19.7 Å². The van der Waals surface area contributed by atoms with Crippen LogP contribution in [-0.2, 0) is 9.59 Å². The summed E-state index contributed by atoms with van der Waals surface area (Å²) in [5.41, 5.74) is -0.0432. The molecule has 2 saturated heterocycles. The zero-order valence-electron chi connectivity index (χ0n) is 34.2. The maximum absolute atomic E-state index is 14.9. The summed E-state index contributed by atoms with van der Waals surface area (Å²) in [7, 11) is 0. The number of amides is 5. The Bertz CT molecular complexity index is 2220. The number of nitriles is 1. The van der Waals surface area contributed by atoms with Crippen LogP contribution in [-0.4, -0.2) is 102 Å². The van der Waals surface area contributed by atoms with E-state index in [0.717, 1.165) is 68.8 Å². The molecule has 3 aliphatic heterocycles. The van der Waals surface area contributed by atoms with E-state index in [1.807, 2.05) is 12.1 Å². The standard InChI is InChI=1S/C44H49ClFN7O7/c1-43(2)41(44(3,4)42(43)60-28-11-9-26(24-47)31(45)21-28)50-37(55)27-10-13-35(48-25-27)52-18-16-51(17-19-52)15-7-5-6-8-20-59-34-23-30-29(22-32(34)46)39(57)53(40(30)58)33-12-14-36(54)49-38(33)56/h9-11,13,21-23,25,33,41-42H,5-8,12,14-20H2,1-4H3,(H,50,55)(H,49,54,56)/t33?,41-,42-. The topological polar surface area (TPSA) is 174 Å². The number of anilines is 1. The number of piperidine rings is 1. The van der Waals surface area contributed by atoms with Crippen LogP contribution >= 0.6 is 11.6 Å². The van der Waals surface area contributed by atoms with E-state index in [4.69, 9.17) is 21.1 Å². The fourth-order valence-electron chi connectivity index (χ4n) is 9.27. The molecular formula is C44H49ClFN7O7. The summed E-state index contributed by atoms with van der Waals surface area (Å²) in [6.07, 6.45) is 4.95. The van der Waals surface area contributed by atoms with Crippen molar-refractivity contribution in [1.82, 2.24) is 25.4 Å². The molecule has 3 fully saturated rings. The first-order chi connectivity index (χ1) is 28.6. The summed E-state index contributed by atoms with van der Waals surface area (Å²) in [6.45, 7) is 12.9. The first-order valence-corrected chi connectivity index (χ1v) is 20.8. The van der Waals surface area contributed by atoms with Gasteiger partial charge in [-0.1, -0.05) is 52.1 Å². The highest BCUT2D eigenvalue weighted by atomic mass is 35.5. The molecule has 1 unspecified atom stereocenters. The Morgan fingerprint density at radius 1 is 0.967 bits per heavy atom. The fraction of sp³-hybridized carbons (Fsp3) is 0.477. The fourth-order valence-corrected chi connectivity index (χ4v) is 9.49. The van der Waals surface area contributed by atoms with Crippen molar-refractivity contribution in [3.63, 3.8) is 0 Å². The zero-order valence-corrected chi connectivity index (χ0v) is 34.9. The second-order valence-electron chi connectivity index (χ2n) is 17.1. The van der Waals surface area contributed by atoms with Gasteiger partial charge in [0.2, 0.25) is 11.8 Å². The lowest BCUT2D eigenvalue weighted by atomic mass is 9.49. The molecule has 1 atom stereocenters. The number of aromatic nitrogens is 1. The summed E-state index contributed by atoms with van der Waals surface area (Å²) in [4.78, 5) is 73.3. The normalized spacial score (nSPS) is 22.1. The van der Waals surface area contributed by atoms with E-state index >= 15 is 0 Å². The van der Waals surface area contributed by atoms with Crippen molar-refractivity contribution in [3.05, 3.63) is 81.8 Å². The molecule has 60 heavy (non-hydrogen) atoms. The number of nitrogens with one attached hydrogen (secondary N) is 2. The number of fused-ring (bicyclic) bond motifs is 1. The number of carbonyl (C=O) groups is 5. The summed E-state index contributed by atoms with van der Waals surface area (Å²) >= 11 is 6.23. The van der Waals surface area contributed by atoms with Crippen molar-refractivity contribution in [2.24, 2.45) is 10.8 Å². The number of hydrogen-bond donors (Lipinski definition) is 2. The number of hydrogen-bond acceptors (Lipinski definition) is 11. The first kappa shape index (κ1) is 42.5. The van der Waals surface area contributed by atoms with Crippen LogP contribution in [0.4, 0.5) is 10.2 Å². The van der Waals surface area contributed by atoms with E-state index in [1.54, 1.807) is 24.4 Å². The van der Waals surface area contributed by atoms with E-state index in [1.165, 1.54) is 6.07 Å². The molecule has 316 valence electrons. The molecule has 1 aromatic heterocycles. The number of rotatable bonds is 14. The van der Waals surface area contributed by atoms with Crippen molar-refractivity contribution >= 4 is 47.0 Å². The number of pyridine rings is 1. The molecule has 0 spiro atoms. The molecule has 3 aromatic rings. The zero-order chi connectivity index (χ0) is 42.9. The van der Waals surface area contributed by atoms with Gasteiger partial charge in [-0.25, -0.2) is 9.37 Å². The van der Waals surface area contributed by atoms with Gasteiger partial charge in [0.1, 0.15) is 29.8 Å². The lowest BCUT2D eigenvalue weighted by Crippen LogP contribution is -2.74. The molecule has 4 aliphatic rings. The largest absolute Gasteiger partial charge is 0.490 e. The number of ether oxygens (including phenoxy) is 2. The average molecular weight is 842 g/mol. The molecule has 2 N–H and O–H groups in total. The van der Waals surface area contributed by atoms with Crippen LogP contribution < -0.4 is 25.0 Å². The lowest BCUT2D eigenvalue weighted by Gasteiger charge is -2.63. The monoisotopic (exact) mass is 841 g/mol. The Morgan fingerprint density at radius 2 is 1.67 bits per heavy atom. The van der Waals surface area contributed by atoms with Crippen molar-refractivity contribution in [2.75, 3.05) is 44.2 Å². The summed E-state index contributed by atoms with van der Waals surface area (Å²) < 4.78 is 26.9. The van der Waals surface area contributed by atoms with Gasteiger partial charge >= 0.3 is 0 Å². The Balaban J connectivity index is 0.799. The molecule has 1 saturated carbocycles. The average Bonchev–Trinajstić information content (AvgIpc) is 3.45. The number of unbranched alkanes of at least 4 members (excludes halogenated alkanes) is 3. The Hall–Kier alpha value is -5.59. The van der Waals surface area contributed by atoms with Crippen LogP contribution in [0, 0.1) is 28.0 Å². The number of imide groups is 2. The highest BCUT2D eigenvalue weighted by molar-refractivity contribution is 6.31. The van der Waals surface area contributed by atoms with Crippen molar-refractivity contribution in [1.29, 1.82) is 5.26 Å². The number of benzene rings is 2. The molecule has 0 bridgehead atoms. The molecule has 0 radical (unpaired) electrons. The Kier molecular flexibility index (Phi) is 12.2. The van der Waals surface area contributed by atoms with Gasteiger partial charge in [-0.15, -0.1) is 0 Å². The molecule has 4 heterocycles. The third kappa shape index (κ3) is 8.40. The van der Waals surface area contributed by atoms with Crippen LogP contribution in [0.3, 0.4) is 0 Å². The van der Waals surface area contributed by atoms with E-state index in [9.17, 15) is 33.6 Å². The quantitative estimate of drug-likeness (QED) is 0.155. The third-order valence-corrected chi connectivity index (χ3v) is 12.6. The second kappa shape index (κ2) is 17.2. The Morgan fingerprint density at radius 3 is 2.32 bits per heavy atom. The Labute approximate surface area is 353 Å². The smallest absolute Gasteiger partial charge is 0.262 e. The minimum atomic E-state index is -1.12. The number of carbonyl (C=O) groups excluding carboxylic acids is 5. The van der Waals surface area contributed by atoms with Gasteiger partial charge in [0, 0.05) is 61.7 Å². The lowest BCUT2D eigenvalue weighted by molar-refractivity contribution is -0.164. The molecule has 1 aliphatic carbocycles. The van der Waals surface area contributed by atoms with Crippen LogP contribution in [0.2, 0.25) is 5.02 Å². The summed E-state index contributed by atoms with van der Waals surface area (Å²) in [5.74, 6) is -2.34. The van der Waals surface area contributed by atoms with Gasteiger partial charge in [-0.3, -0.25) is 39.1 Å². The first-order valence-electron chi connectivity index (χ1n) is 20.4. The summed E-state index contributed by atoms with van der Waals surface area (Å²) in [5, 5.41) is 14.9. The van der Waals surface area contributed by atoms with Crippen molar-refractivity contribution < 1.29 is 37.8 Å². The van der Waals surface area contributed by atoms with Crippen LogP contribution in [0.5, 0.6) is 11.5 Å². The molecule has 14 nitrogen and oxygen atoms in total. The van der Waals surface area contributed by atoms with E-state index in [2.05, 4.69) is 59.2 Å². The summed E-state index contributed by atoms with van der Waals surface area (Å²) in [6, 6.07) is 11.7. The molecular weight excluding hydrogens is 793 g/mol. The predicted molar refractivity (Wildman–Crippen MR) is 219 cm³/mol. The van der Waals surface area contributed by atoms with Crippen molar-refractivity contribution in [2.45, 2.75) is 84.4 Å². The number of piperazine rings is 1. The van der Waals surface area contributed by atoms with Gasteiger partial charge in [0.05, 0.1) is 33.9 Å². The van der Waals surface area contributed by atoms with Gasteiger partial charge in [0.25, 0.3) is 17.7 Å². The third-order valence-electron chi connectivity index (χ3n) is 12.3. The minimum absolute atomic E-state index is 0.000149. The second-order valence-corrected chi connectivity index (χ2v) is 17.5. The SMILES string of the molecule is CC1(C)[C@H](NC(=O)c2ccc(N3CCN(CCCCCCOc4cc5c(cc4F)C(=O)N(C4CCC(=O)NC4=O)C5=O)CC3)nc2)C(C)(C)[C@H]1Oc1ccc(C#N)c(Cl)c1. The molecule has 16 heteroatoms. The van der Waals surface area contributed by atoms with E-state index in [-0.39, 0.29) is 65.2 Å². The number of nitrogens with zero attached hydrogens (tertiary/aromatic N) is 5. The van der Waals surface area contributed by atoms with Crippen LogP contribution in [0.1, 0.15) is 103 Å². The highest BCUT2D eigenvalue weighted by Crippen LogP contribution is 2.55. The molecule has 2 aromatic carbocycles. The van der Waals surface area contributed by atoms with Crippen LogP contribution in [0.25, 0.3) is 0 Å². The molecule has 5 amide bonds. The predicted octanol–water partition coefficient (Wildman–Crippen LogP) is 5.52. The van der Waals surface area contributed by atoms with E-state index in [0.29, 0.717) is 28.3 Å². The van der Waals surface area contributed by atoms with Gasteiger partial charge in [-0.2, -0.15) is 5.26 Å². The van der Waals surface area contributed by atoms with Crippen LogP contribution in [0.15, 0.2) is 48.7 Å². The maximum atomic E-state index is 14.9. The van der Waals surface area contributed by atoms with Crippen molar-refractivity contribution in [3.8, 4) is 17.6 Å².